The van der Waals surface area contributed by atoms with E-state index in [9.17, 15) is 4.79 Å². The van der Waals surface area contributed by atoms with Crippen LogP contribution in [0, 0.1) is 0 Å². The Morgan fingerprint density at radius 3 is 2.36 bits per heavy atom. The third kappa shape index (κ3) is 6.54. The van der Waals surface area contributed by atoms with Gasteiger partial charge in [-0.3, -0.25) is 9.45 Å². The van der Waals surface area contributed by atoms with Crippen LogP contribution in [0.1, 0.15) is 0 Å². The van der Waals surface area contributed by atoms with E-state index in [0.29, 0.717) is 0 Å². The second kappa shape index (κ2) is 5.05. The molecule has 0 aromatic heterocycles. The van der Waals surface area contributed by atoms with E-state index >= 15 is 0 Å². The summed E-state index contributed by atoms with van der Waals surface area (Å²) < 4.78 is 32.8. The quantitative estimate of drug-likeness (QED) is 0.369. The smallest absolute Gasteiger partial charge is 0.421 e. The van der Waals surface area contributed by atoms with Crippen molar-refractivity contribution in [3.8, 4) is 0 Å². The highest BCUT2D eigenvalue weighted by Crippen LogP contribution is 1.84. The number of nitrogens with zero attached hydrogens (tertiary/aromatic N) is 1. The molecule has 14 heavy (non-hydrogen) atoms. The highest BCUT2D eigenvalue weighted by molar-refractivity contribution is 7.79. The van der Waals surface area contributed by atoms with Crippen molar-refractivity contribution in [3.63, 3.8) is 0 Å². The molecule has 2 N–H and O–H groups in total. The summed E-state index contributed by atoms with van der Waals surface area (Å²) in [5, 5.41) is 0. The van der Waals surface area contributed by atoms with Gasteiger partial charge in [-0.2, -0.15) is 0 Å². The lowest BCUT2D eigenvalue weighted by Crippen LogP contribution is -3.09. The average molecular weight is 224 g/mol. The molecule has 0 radical (unpaired) electrons. The van der Waals surface area contributed by atoms with E-state index in [1.807, 2.05) is 19.3 Å². The van der Waals surface area contributed by atoms with Gasteiger partial charge >= 0.3 is 6.03 Å². The summed E-state index contributed by atoms with van der Waals surface area (Å²) in [6, 6.07) is 0.137. The predicted octanol–water partition coefficient (Wildman–Crippen LogP) is -1.92. The van der Waals surface area contributed by atoms with Gasteiger partial charge in [-0.05, 0) is 6.08 Å². The van der Waals surface area contributed by atoms with Crippen LogP contribution in [0.2, 0.25) is 0 Å². The molecule has 0 saturated carbocycles. The van der Waals surface area contributed by atoms with Gasteiger partial charge in [-0.1, -0.05) is 0 Å². The van der Waals surface area contributed by atoms with Gasteiger partial charge in [0, 0.05) is 13.6 Å². The summed E-state index contributed by atoms with van der Waals surface area (Å²) in [6.07, 6.45) is 3.85. The first-order valence-electron chi connectivity index (χ1n) is 3.65. The van der Waals surface area contributed by atoms with Gasteiger partial charge in [0.05, 0.1) is 7.05 Å². The number of rotatable bonds is 0. The fourth-order valence-corrected chi connectivity index (χ4v) is 0.843. The maximum Gasteiger partial charge on any atom is 0.421 e. The standard InChI is InChI=1S/C6H10N2O.H2O4S/c1-7-4-3-5-8(2)6(7)9;1-5(2,3)4/h3-4H,5H2,1-2H3;(H2,1,2,3,4). The molecule has 1 heterocycles. The van der Waals surface area contributed by atoms with Crippen LogP contribution >= 0.6 is 0 Å². The van der Waals surface area contributed by atoms with Crippen LogP contribution in [0.15, 0.2) is 12.3 Å². The first-order valence-corrected chi connectivity index (χ1v) is 5.02. The van der Waals surface area contributed by atoms with E-state index in [1.54, 1.807) is 11.9 Å². The maximum absolute atomic E-state index is 11.0. The molecule has 1 atom stereocenters. The summed E-state index contributed by atoms with van der Waals surface area (Å²) in [7, 11) is -1.29. The Morgan fingerprint density at radius 2 is 2.07 bits per heavy atom. The van der Waals surface area contributed by atoms with Crippen molar-refractivity contribution in [1.82, 2.24) is 4.90 Å². The Labute approximate surface area is 82.2 Å². The van der Waals surface area contributed by atoms with Gasteiger partial charge in [0.25, 0.3) is 0 Å². The number of hydrogen-bond acceptors (Lipinski definition) is 4. The van der Waals surface area contributed by atoms with Crippen LogP contribution in [0.3, 0.4) is 0 Å². The van der Waals surface area contributed by atoms with Crippen LogP contribution in [-0.4, -0.2) is 49.1 Å². The molecular formula is C6H12N2O5S. The third-order valence-electron chi connectivity index (χ3n) is 1.43. The lowest BCUT2D eigenvalue weighted by molar-refractivity contribution is -0.739. The molecule has 1 aliphatic rings. The molecule has 82 valence electrons. The molecular weight excluding hydrogens is 212 g/mol. The molecule has 0 aliphatic carbocycles. The van der Waals surface area contributed by atoms with E-state index < -0.39 is 10.4 Å². The Kier molecular flexibility index (Phi) is 4.71. The van der Waals surface area contributed by atoms with E-state index in [1.165, 1.54) is 0 Å². The lowest BCUT2D eigenvalue weighted by atomic mass is 10.4. The fraction of sp³-hybridized carbons (Fsp3) is 0.500. The van der Waals surface area contributed by atoms with Gasteiger partial charge in [0.15, 0.2) is 0 Å². The van der Waals surface area contributed by atoms with Crippen molar-refractivity contribution in [2.24, 2.45) is 0 Å². The number of urea groups is 1. The molecule has 0 bridgehead atoms. The minimum Gasteiger partial charge on any atom is -0.726 e. The molecule has 1 aliphatic heterocycles. The zero-order valence-electron chi connectivity index (χ0n) is 7.80. The molecule has 8 heteroatoms. The minimum atomic E-state index is -4.92. The van der Waals surface area contributed by atoms with Gasteiger partial charge in [-0.25, -0.2) is 18.1 Å². The molecule has 7 nitrogen and oxygen atoms in total. The van der Waals surface area contributed by atoms with Crippen LogP contribution < -0.4 is 4.90 Å². The molecule has 1 rings (SSSR count). The number of hydrogen-bond donors (Lipinski definition) is 2. The van der Waals surface area contributed by atoms with Crippen molar-refractivity contribution in [2.45, 2.75) is 0 Å². The Bertz CT molecular complexity index is 315. The van der Waals surface area contributed by atoms with Gasteiger partial charge in [-0.15, -0.1) is 0 Å². The van der Waals surface area contributed by atoms with E-state index in [0.717, 1.165) is 11.4 Å². The van der Waals surface area contributed by atoms with Gasteiger partial charge in [0.1, 0.15) is 6.20 Å². The SMILES string of the molecule is CN1CC=C[NH+](C)C1=O.O=S(=O)([O-])O. The molecule has 0 spiro atoms. The van der Waals surface area contributed by atoms with Crippen molar-refractivity contribution < 1.29 is 27.2 Å². The first kappa shape index (κ1) is 13.0. The topological polar surface area (TPSA) is 102 Å². The Balaban J connectivity index is 0.000000292. The number of quaternary nitrogens is 1. The van der Waals surface area contributed by atoms with Crippen molar-refractivity contribution in [3.05, 3.63) is 12.3 Å². The number of amides is 2. The zero-order chi connectivity index (χ0) is 11.4. The molecule has 0 fully saturated rings. The fourth-order valence-electron chi connectivity index (χ4n) is 0.843. The number of likely N-dealkylation sites (N-methyl/N-ethyl adjacent to an activating group) is 1. The maximum atomic E-state index is 11.0. The third-order valence-corrected chi connectivity index (χ3v) is 1.43. The summed E-state index contributed by atoms with van der Waals surface area (Å²) in [5.41, 5.74) is 0. The van der Waals surface area contributed by atoms with E-state index in [-0.39, 0.29) is 6.03 Å². The number of carbonyl (C=O) groups is 1. The molecule has 0 aromatic carbocycles. The minimum absolute atomic E-state index is 0.137. The molecule has 2 amide bonds. The van der Waals surface area contributed by atoms with Crippen molar-refractivity contribution >= 4 is 16.4 Å². The summed E-state index contributed by atoms with van der Waals surface area (Å²) >= 11 is 0. The first-order chi connectivity index (χ1) is 6.22. The highest BCUT2D eigenvalue weighted by atomic mass is 32.3. The number of carbonyl (C=O) groups excluding carboxylic acids is 1. The van der Waals surface area contributed by atoms with Gasteiger partial charge < -0.3 is 4.55 Å². The van der Waals surface area contributed by atoms with Crippen LogP contribution in [0.25, 0.3) is 0 Å². The monoisotopic (exact) mass is 224 g/mol. The molecule has 0 aromatic rings. The predicted molar refractivity (Wildman–Crippen MR) is 46.4 cm³/mol. The molecule has 1 unspecified atom stereocenters. The highest BCUT2D eigenvalue weighted by Gasteiger charge is 2.19. The number of nitrogens with one attached hydrogen (secondary N) is 1. The van der Waals surface area contributed by atoms with Crippen LogP contribution in [0.5, 0.6) is 0 Å². The van der Waals surface area contributed by atoms with E-state index in [2.05, 4.69) is 0 Å². The second-order valence-corrected chi connectivity index (χ2v) is 3.55. The van der Waals surface area contributed by atoms with Crippen LogP contribution in [0.4, 0.5) is 4.79 Å². The normalized spacial score (nSPS) is 21.6. The zero-order valence-corrected chi connectivity index (χ0v) is 8.61. The van der Waals surface area contributed by atoms with Crippen molar-refractivity contribution in [1.29, 1.82) is 0 Å². The lowest BCUT2D eigenvalue weighted by Gasteiger charge is -2.19. The summed E-state index contributed by atoms with van der Waals surface area (Å²) in [4.78, 5) is 13.5. The van der Waals surface area contributed by atoms with E-state index in [4.69, 9.17) is 17.5 Å². The van der Waals surface area contributed by atoms with Gasteiger partial charge in [0.2, 0.25) is 10.4 Å². The molecule has 0 saturated heterocycles. The Hall–Kier alpha value is -0.960. The van der Waals surface area contributed by atoms with Crippen molar-refractivity contribution in [2.75, 3.05) is 20.6 Å². The van der Waals surface area contributed by atoms with Crippen LogP contribution in [-0.2, 0) is 10.4 Å². The Morgan fingerprint density at radius 1 is 1.64 bits per heavy atom. The average Bonchev–Trinajstić information content (AvgIpc) is 1.97. The summed E-state index contributed by atoms with van der Waals surface area (Å²) in [5.74, 6) is 0. The second-order valence-electron chi connectivity index (χ2n) is 2.70. The summed E-state index contributed by atoms with van der Waals surface area (Å²) in [6.45, 7) is 0.746. The largest absolute Gasteiger partial charge is 0.726 e.